The summed E-state index contributed by atoms with van der Waals surface area (Å²) < 4.78 is 28.4. The zero-order chi connectivity index (χ0) is 22.2. The largest absolute Gasteiger partial charge is 0.398 e. The Morgan fingerprint density at radius 1 is 1.23 bits per heavy atom. The fourth-order valence-electron chi connectivity index (χ4n) is 3.38. The van der Waals surface area contributed by atoms with E-state index in [-0.39, 0.29) is 22.5 Å². The highest BCUT2D eigenvalue weighted by atomic mass is 32.2. The Kier molecular flexibility index (Phi) is 5.84. The van der Waals surface area contributed by atoms with Gasteiger partial charge in [0.1, 0.15) is 16.1 Å². The van der Waals surface area contributed by atoms with Crippen molar-refractivity contribution in [3.63, 3.8) is 0 Å². The summed E-state index contributed by atoms with van der Waals surface area (Å²) in [4.78, 5) is 16.3. The van der Waals surface area contributed by atoms with Gasteiger partial charge in [-0.25, -0.2) is 8.42 Å². The van der Waals surface area contributed by atoms with Gasteiger partial charge in [-0.1, -0.05) is 6.07 Å². The second-order valence-electron chi connectivity index (χ2n) is 7.15. The lowest BCUT2D eigenvalue weighted by Crippen LogP contribution is -2.41. The average molecular weight is 476 g/mol. The molecule has 1 atom stereocenters. The molecule has 1 aliphatic heterocycles. The van der Waals surface area contributed by atoms with Crippen LogP contribution >= 0.6 is 22.7 Å². The molecule has 8 nitrogen and oxygen atoms in total. The van der Waals surface area contributed by atoms with Crippen LogP contribution in [0.2, 0.25) is 0 Å². The molecule has 0 radical (unpaired) electrons. The van der Waals surface area contributed by atoms with Gasteiger partial charge in [-0.15, -0.1) is 22.7 Å². The van der Waals surface area contributed by atoms with Gasteiger partial charge in [0, 0.05) is 34.1 Å². The molecule has 1 saturated heterocycles. The van der Waals surface area contributed by atoms with Crippen LogP contribution in [0.25, 0.3) is 9.75 Å². The topological polar surface area (TPSA) is 142 Å². The number of hydrogen-bond donors (Lipinski definition) is 4. The quantitative estimate of drug-likeness (QED) is 0.236. The number of benzene rings is 1. The molecule has 0 spiro atoms. The fraction of sp³-hybridized carbons (Fsp3) is 0.200. The summed E-state index contributed by atoms with van der Waals surface area (Å²) in [6, 6.07) is 11.3. The van der Waals surface area contributed by atoms with E-state index in [1.807, 2.05) is 17.5 Å². The molecule has 162 valence electrons. The number of thiophene rings is 2. The number of nitrogens with zero attached hydrogens (tertiary/aromatic N) is 1. The molecule has 1 aliphatic rings. The Morgan fingerprint density at radius 3 is 2.74 bits per heavy atom. The van der Waals surface area contributed by atoms with Crippen molar-refractivity contribution in [3.05, 3.63) is 59.0 Å². The number of nitrogen functional groups attached to an aromatic ring is 2. The monoisotopic (exact) mass is 475 g/mol. The first-order valence-electron chi connectivity index (χ1n) is 9.42. The maximum atomic E-state index is 12.8. The second-order valence-corrected chi connectivity index (χ2v) is 11.1. The lowest BCUT2D eigenvalue weighted by molar-refractivity contribution is -0.129. The number of carbonyl (C=O) groups excluding carboxylic acids is 1. The third kappa shape index (κ3) is 4.49. The van der Waals surface area contributed by atoms with E-state index in [1.54, 1.807) is 46.6 Å². The molecule has 0 saturated carbocycles. The third-order valence-corrected chi connectivity index (χ3v) is 9.13. The van der Waals surface area contributed by atoms with E-state index >= 15 is 0 Å². The number of nitrogens with one attached hydrogen (secondary N) is 2. The molecular formula is C20H21N5O3S3. The normalized spacial score (nSPS) is 16.7. The number of likely N-dealkylation sites (tertiary alicyclic amines) is 1. The van der Waals surface area contributed by atoms with E-state index in [4.69, 9.17) is 16.9 Å². The van der Waals surface area contributed by atoms with Gasteiger partial charge in [0.05, 0.1) is 0 Å². The SMILES string of the molecule is N=C(N)c1ccc(N)c(CN2CC[C@H](NS(=O)(=O)c3ccc(-c4cccs4)s3)C2=O)c1. The molecule has 31 heavy (non-hydrogen) atoms. The maximum absolute atomic E-state index is 12.8. The highest BCUT2D eigenvalue weighted by molar-refractivity contribution is 7.91. The van der Waals surface area contributed by atoms with Crippen LogP contribution in [0.15, 0.2) is 52.1 Å². The summed E-state index contributed by atoms with van der Waals surface area (Å²) in [5.41, 5.74) is 13.2. The average Bonchev–Trinajstić information content (AvgIpc) is 3.47. The van der Waals surface area contributed by atoms with Crippen LogP contribution in [0, 0.1) is 5.41 Å². The van der Waals surface area contributed by atoms with Crippen molar-refractivity contribution in [2.45, 2.75) is 23.2 Å². The van der Waals surface area contributed by atoms with Crippen LogP contribution in [0.3, 0.4) is 0 Å². The summed E-state index contributed by atoms with van der Waals surface area (Å²) in [5.74, 6) is -0.385. The molecule has 1 aromatic carbocycles. The summed E-state index contributed by atoms with van der Waals surface area (Å²) >= 11 is 2.72. The van der Waals surface area contributed by atoms with E-state index in [0.717, 1.165) is 9.75 Å². The standard InChI is InChI=1S/C20H21N5O3S3/c21-14-4-3-12(19(22)23)10-13(14)11-25-8-7-15(20(25)26)24-31(27,28)18-6-5-17(30-18)16-2-1-9-29-16/h1-6,9-10,15,24H,7-8,11,21H2,(H3,22,23)/t15-/m0/s1. The number of nitrogens with two attached hydrogens (primary N) is 2. The zero-order valence-electron chi connectivity index (χ0n) is 16.4. The number of rotatable bonds is 7. The first-order chi connectivity index (χ1) is 14.7. The number of sulfonamides is 1. The fourth-order valence-corrected chi connectivity index (χ4v) is 6.76. The van der Waals surface area contributed by atoms with Crippen LogP contribution in [0.5, 0.6) is 0 Å². The Morgan fingerprint density at radius 2 is 2.03 bits per heavy atom. The van der Waals surface area contributed by atoms with Crippen molar-refractivity contribution in [3.8, 4) is 9.75 Å². The molecule has 0 unspecified atom stereocenters. The van der Waals surface area contributed by atoms with Crippen LogP contribution in [0.1, 0.15) is 17.5 Å². The van der Waals surface area contributed by atoms with Crippen molar-refractivity contribution in [1.29, 1.82) is 5.41 Å². The highest BCUT2D eigenvalue weighted by Gasteiger charge is 2.35. The molecule has 0 aliphatic carbocycles. The van der Waals surface area contributed by atoms with Crippen LogP contribution in [-0.4, -0.2) is 37.6 Å². The van der Waals surface area contributed by atoms with E-state index in [1.165, 1.54) is 11.3 Å². The van der Waals surface area contributed by atoms with E-state index < -0.39 is 16.1 Å². The number of amidine groups is 1. The third-order valence-electron chi connectivity index (χ3n) is 5.02. The maximum Gasteiger partial charge on any atom is 0.250 e. The van der Waals surface area contributed by atoms with E-state index in [9.17, 15) is 13.2 Å². The first kappa shape index (κ1) is 21.5. The molecule has 0 bridgehead atoms. The molecule has 1 fully saturated rings. The van der Waals surface area contributed by atoms with Gasteiger partial charge in [0.25, 0.3) is 10.0 Å². The van der Waals surface area contributed by atoms with Crippen LogP contribution in [0.4, 0.5) is 5.69 Å². The summed E-state index contributed by atoms with van der Waals surface area (Å²) in [7, 11) is -3.81. The van der Waals surface area contributed by atoms with Crippen molar-refractivity contribution < 1.29 is 13.2 Å². The van der Waals surface area contributed by atoms with Gasteiger partial charge in [-0.3, -0.25) is 10.2 Å². The van der Waals surface area contributed by atoms with E-state index in [2.05, 4.69) is 4.72 Å². The molecule has 2 aromatic heterocycles. The molecule has 11 heteroatoms. The lowest BCUT2D eigenvalue weighted by Gasteiger charge is -2.19. The number of hydrogen-bond acceptors (Lipinski definition) is 7. The van der Waals surface area contributed by atoms with Gasteiger partial charge in [0.2, 0.25) is 5.91 Å². The first-order valence-corrected chi connectivity index (χ1v) is 12.6. The second kappa shape index (κ2) is 8.42. The lowest BCUT2D eigenvalue weighted by atomic mass is 10.1. The highest BCUT2D eigenvalue weighted by Crippen LogP contribution is 2.33. The Labute approximate surface area is 188 Å². The molecular weight excluding hydrogens is 454 g/mol. The van der Waals surface area contributed by atoms with Gasteiger partial charge in [-0.05, 0) is 53.8 Å². The van der Waals surface area contributed by atoms with Crippen molar-refractivity contribution in [1.82, 2.24) is 9.62 Å². The minimum Gasteiger partial charge on any atom is -0.398 e. The Bertz CT molecular complexity index is 1230. The molecule has 6 N–H and O–H groups in total. The Hall–Kier alpha value is -2.73. The summed E-state index contributed by atoms with van der Waals surface area (Å²) in [6.07, 6.45) is 0.369. The van der Waals surface area contributed by atoms with Gasteiger partial charge < -0.3 is 16.4 Å². The van der Waals surface area contributed by atoms with Crippen molar-refractivity contribution >= 4 is 50.1 Å². The predicted octanol–water partition coefficient (Wildman–Crippen LogP) is 2.42. The zero-order valence-corrected chi connectivity index (χ0v) is 18.8. The summed E-state index contributed by atoms with van der Waals surface area (Å²) in [5, 5.41) is 9.50. The molecule has 3 aromatic rings. The van der Waals surface area contributed by atoms with E-state index in [0.29, 0.717) is 29.8 Å². The van der Waals surface area contributed by atoms with Gasteiger partial charge in [-0.2, -0.15) is 4.72 Å². The number of anilines is 1. The van der Waals surface area contributed by atoms with Gasteiger partial charge >= 0.3 is 0 Å². The molecule has 1 amide bonds. The summed E-state index contributed by atoms with van der Waals surface area (Å²) in [6.45, 7) is 0.631. The number of amides is 1. The smallest absolute Gasteiger partial charge is 0.250 e. The Balaban J connectivity index is 1.46. The predicted molar refractivity (Wildman–Crippen MR) is 124 cm³/mol. The van der Waals surface area contributed by atoms with Crippen LogP contribution in [-0.2, 0) is 21.4 Å². The minimum absolute atomic E-state index is 0.0856. The molecule has 3 heterocycles. The van der Waals surface area contributed by atoms with Crippen molar-refractivity contribution in [2.24, 2.45) is 5.73 Å². The minimum atomic E-state index is -3.81. The van der Waals surface area contributed by atoms with Crippen LogP contribution < -0.4 is 16.2 Å². The molecule has 4 rings (SSSR count). The van der Waals surface area contributed by atoms with Crippen molar-refractivity contribution in [2.75, 3.05) is 12.3 Å². The van der Waals surface area contributed by atoms with Gasteiger partial charge in [0.15, 0.2) is 0 Å². The number of carbonyl (C=O) groups is 1.